The van der Waals surface area contributed by atoms with E-state index in [1.807, 2.05) is 13.8 Å². The predicted octanol–water partition coefficient (Wildman–Crippen LogP) is 2.43. The fraction of sp³-hybridized carbons (Fsp3) is 0.238. The second-order valence-corrected chi connectivity index (χ2v) is 6.13. The van der Waals surface area contributed by atoms with Crippen LogP contribution in [0.2, 0.25) is 0 Å². The Morgan fingerprint density at radius 2 is 1.87 bits per heavy atom. The number of carbonyl (C=O) groups is 2. The molecule has 30 heavy (non-hydrogen) atoms. The molecule has 2 N–H and O–H groups in total. The fourth-order valence-electron chi connectivity index (χ4n) is 2.67. The molecule has 0 saturated heterocycles. The van der Waals surface area contributed by atoms with Crippen molar-refractivity contribution in [2.45, 2.75) is 13.8 Å². The summed E-state index contributed by atoms with van der Waals surface area (Å²) in [7, 11) is 0. The largest absolute Gasteiger partial charge is 0.490 e. The van der Waals surface area contributed by atoms with Crippen molar-refractivity contribution < 1.29 is 19.1 Å². The lowest BCUT2D eigenvalue weighted by atomic mass is 10.2. The molecule has 0 unspecified atom stereocenters. The number of ether oxygens (including phenoxy) is 2. The van der Waals surface area contributed by atoms with Crippen LogP contribution in [0.3, 0.4) is 0 Å². The van der Waals surface area contributed by atoms with Gasteiger partial charge in [-0.2, -0.15) is 0 Å². The lowest BCUT2D eigenvalue weighted by molar-refractivity contribution is -0.115. The number of hydrogen-bond donors (Lipinski definition) is 2. The van der Waals surface area contributed by atoms with E-state index < -0.39 is 0 Å². The standard InChI is InChI=1S/C21H23N5O4/c1-3-29-17-7-5-15(11-18(17)30-4-2)21(28)24-13-20(27)25-16-6-8-19(23-12-16)26-10-9-22-14-26/h5-12,14H,3-4,13H2,1-2H3,(H,24,28)(H,25,27). The molecule has 9 heteroatoms. The summed E-state index contributed by atoms with van der Waals surface area (Å²) in [4.78, 5) is 32.8. The van der Waals surface area contributed by atoms with E-state index in [9.17, 15) is 9.59 Å². The van der Waals surface area contributed by atoms with Crippen LogP contribution < -0.4 is 20.1 Å². The van der Waals surface area contributed by atoms with Crippen LogP contribution in [-0.2, 0) is 4.79 Å². The Kier molecular flexibility index (Phi) is 6.99. The maximum Gasteiger partial charge on any atom is 0.251 e. The number of anilines is 1. The molecule has 0 aliphatic rings. The third kappa shape index (κ3) is 5.34. The number of carbonyl (C=O) groups excluding carboxylic acids is 2. The first-order chi connectivity index (χ1) is 14.6. The highest BCUT2D eigenvalue weighted by atomic mass is 16.5. The highest BCUT2D eigenvalue weighted by molar-refractivity contribution is 5.99. The zero-order chi connectivity index (χ0) is 21.3. The number of hydrogen-bond acceptors (Lipinski definition) is 6. The summed E-state index contributed by atoms with van der Waals surface area (Å²) >= 11 is 0. The lowest BCUT2D eigenvalue weighted by Gasteiger charge is -2.12. The number of nitrogens with one attached hydrogen (secondary N) is 2. The Hall–Kier alpha value is -3.88. The van der Waals surface area contributed by atoms with Crippen LogP contribution in [0.1, 0.15) is 24.2 Å². The number of imidazole rings is 1. The number of aromatic nitrogens is 3. The van der Waals surface area contributed by atoms with E-state index in [1.165, 1.54) is 6.20 Å². The predicted molar refractivity (Wildman–Crippen MR) is 111 cm³/mol. The van der Waals surface area contributed by atoms with Gasteiger partial charge in [0.05, 0.1) is 31.6 Å². The Morgan fingerprint density at radius 1 is 1.07 bits per heavy atom. The Bertz CT molecular complexity index is 987. The molecule has 0 fully saturated rings. The minimum Gasteiger partial charge on any atom is -0.490 e. The van der Waals surface area contributed by atoms with Crippen molar-refractivity contribution >= 4 is 17.5 Å². The van der Waals surface area contributed by atoms with Crippen molar-refractivity contribution in [3.05, 3.63) is 60.8 Å². The topological polar surface area (TPSA) is 107 Å². The van der Waals surface area contributed by atoms with E-state index >= 15 is 0 Å². The Morgan fingerprint density at radius 3 is 2.53 bits per heavy atom. The quantitative estimate of drug-likeness (QED) is 0.562. The number of nitrogens with zero attached hydrogens (tertiary/aromatic N) is 3. The second kappa shape index (κ2) is 10.1. The van der Waals surface area contributed by atoms with E-state index in [1.54, 1.807) is 53.6 Å². The van der Waals surface area contributed by atoms with Crippen molar-refractivity contribution in [3.63, 3.8) is 0 Å². The average molecular weight is 409 g/mol. The maximum absolute atomic E-state index is 12.4. The monoisotopic (exact) mass is 409 g/mol. The van der Waals surface area contributed by atoms with Gasteiger partial charge in [-0.15, -0.1) is 0 Å². The molecule has 2 aromatic heterocycles. The first kappa shape index (κ1) is 20.8. The van der Waals surface area contributed by atoms with Crippen LogP contribution >= 0.6 is 0 Å². The molecule has 2 amide bonds. The summed E-state index contributed by atoms with van der Waals surface area (Å²) in [6, 6.07) is 8.38. The Labute approximate surface area is 174 Å². The van der Waals surface area contributed by atoms with Crippen LogP contribution in [0.15, 0.2) is 55.2 Å². The van der Waals surface area contributed by atoms with Gasteiger partial charge in [-0.1, -0.05) is 0 Å². The second-order valence-electron chi connectivity index (χ2n) is 6.13. The van der Waals surface area contributed by atoms with Crippen LogP contribution in [0, 0.1) is 0 Å². The van der Waals surface area contributed by atoms with Gasteiger partial charge in [-0.25, -0.2) is 9.97 Å². The molecule has 156 valence electrons. The van der Waals surface area contributed by atoms with Gasteiger partial charge in [0.25, 0.3) is 5.91 Å². The highest BCUT2D eigenvalue weighted by Crippen LogP contribution is 2.28. The van der Waals surface area contributed by atoms with Gasteiger partial charge in [0.1, 0.15) is 12.1 Å². The summed E-state index contributed by atoms with van der Waals surface area (Å²) in [6.07, 6.45) is 6.60. The molecule has 2 heterocycles. The normalized spacial score (nSPS) is 10.3. The van der Waals surface area contributed by atoms with Crippen molar-refractivity contribution in [2.75, 3.05) is 25.1 Å². The zero-order valence-corrected chi connectivity index (χ0v) is 16.8. The molecule has 3 aromatic rings. The fourth-order valence-corrected chi connectivity index (χ4v) is 2.67. The summed E-state index contributed by atoms with van der Waals surface area (Å²) < 4.78 is 12.8. The van der Waals surface area contributed by atoms with E-state index in [0.717, 1.165) is 0 Å². The van der Waals surface area contributed by atoms with E-state index in [4.69, 9.17) is 9.47 Å². The van der Waals surface area contributed by atoms with Gasteiger partial charge in [0, 0.05) is 18.0 Å². The molecule has 0 spiro atoms. The van der Waals surface area contributed by atoms with Crippen molar-refractivity contribution in [3.8, 4) is 17.3 Å². The van der Waals surface area contributed by atoms with Gasteiger partial charge < -0.3 is 20.1 Å². The highest BCUT2D eigenvalue weighted by Gasteiger charge is 2.13. The molecule has 0 radical (unpaired) electrons. The summed E-state index contributed by atoms with van der Waals surface area (Å²) in [5.41, 5.74) is 0.902. The number of benzene rings is 1. The third-order valence-corrected chi connectivity index (χ3v) is 4.02. The first-order valence-corrected chi connectivity index (χ1v) is 9.52. The lowest BCUT2D eigenvalue weighted by Crippen LogP contribution is -2.32. The molecule has 1 aromatic carbocycles. The molecule has 0 aliphatic carbocycles. The van der Waals surface area contributed by atoms with Crippen LogP contribution in [-0.4, -0.2) is 46.1 Å². The molecule has 0 aliphatic heterocycles. The van der Waals surface area contributed by atoms with E-state index in [0.29, 0.717) is 41.8 Å². The molecule has 9 nitrogen and oxygen atoms in total. The summed E-state index contributed by atoms with van der Waals surface area (Å²) in [5.74, 6) is 0.986. The third-order valence-electron chi connectivity index (χ3n) is 4.02. The van der Waals surface area contributed by atoms with Crippen LogP contribution in [0.4, 0.5) is 5.69 Å². The van der Waals surface area contributed by atoms with Gasteiger partial charge in [0.15, 0.2) is 11.5 Å². The average Bonchev–Trinajstić information content (AvgIpc) is 3.29. The molecular formula is C21H23N5O4. The van der Waals surface area contributed by atoms with Crippen molar-refractivity contribution in [1.29, 1.82) is 0 Å². The number of pyridine rings is 1. The van der Waals surface area contributed by atoms with Gasteiger partial charge in [-0.3, -0.25) is 14.2 Å². The number of amides is 2. The molecule has 0 saturated carbocycles. The zero-order valence-electron chi connectivity index (χ0n) is 16.8. The molecule has 0 atom stereocenters. The van der Waals surface area contributed by atoms with Gasteiger partial charge in [-0.05, 0) is 44.2 Å². The van der Waals surface area contributed by atoms with Crippen LogP contribution in [0.5, 0.6) is 11.5 Å². The SMILES string of the molecule is CCOc1ccc(C(=O)NCC(=O)Nc2ccc(-n3ccnc3)nc2)cc1OCC. The summed E-state index contributed by atoms with van der Waals surface area (Å²) in [6.45, 7) is 4.48. The Balaban J connectivity index is 1.55. The molecule has 0 bridgehead atoms. The van der Waals surface area contributed by atoms with Gasteiger partial charge in [0.2, 0.25) is 5.91 Å². The molecule has 3 rings (SSSR count). The van der Waals surface area contributed by atoms with E-state index in [2.05, 4.69) is 20.6 Å². The summed E-state index contributed by atoms with van der Waals surface area (Å²) in [5, 5.41) is 5.29. The van der Waals surface area contributed by atoms with Crippen molar-refractivity contribution in [2.24, 2.45) is 0 Å². The van der Waals surface area contributed by atoms with Crippen LogP contribution in [0.25, 0.3) is 5.82 Å². The minimum absolute atomic E-state index is 0.181. The smallest absolute Gasteiger partial charge is 0.251 e. The maximum atomic E-state index is 12.4. The molecular weight excluding hydrogens is 386 g/mol. The van der Waals surface area contributed by atoms with Crippen molar-refractivity contribution in [1.82, 2.24) is 19.9 Å². The van der Waals surface area contributed by atoms with Gasteiger partial charge >= 0.3 is 0 Å². The van der Waals surface area contributed by atoms with E-state index in [-0.39, 0.29) is 18.4 Å². The first-order valence-electron chi connectivity index (χ1n) is 9.52. The number of rotatable bonds is 9. The minimum atomic E-state index is -0.386.